The van der Waals surface area contributed by atoms with Gasteiger partial charge in [-0.1, -0.05) is 0 Å². The summed E-state index contributed by atoms with van der Waals surface area (Å²) in [5.41, 5.74) is 3.38. The first kappa shape index (κ1) is 14.2. The van der Waals surface area contributed by atoms with Crippen LogP contribution < -0.4 is 17.0 Å². The van der Waals surface area contributed by atoms with Crippen molar-refractivity contribution in [1.82, 2.24) is 9.55 Å². The standard InChI is InChI=1S/C10H13N3O7/c11-9(17)19-3-4-6(15)7(16)8(20-4)13-2-1-5(14)12-10(13)18/h1-2,4,6-8,15-16H,3H2,(H2,11,17)(H,12,14,18)/t4-,6?,7?,8-/m0/s1. The van der Waals surface area contributed by atoms with Gasteiger partial charge in [-0.25, -0.2) is 9.59 Å². The Kier molecular flexibility index (Phi) is 3.88. The van der Waals surface area contributed by atoms with Crippen molar-refractivity contribution in [2.24, 2.45) is 5.73 Å². The lowest BCUT2D eigenvalue weighted by molar-refractivity contribution is -0.0563. The number of hydrogen-bond donors (Lipinski definition) is 4. The van der Waals surface area contributed by atoms with E-state index in [0.29, 0.717) is 0 Å². The Labute approximate surface area is 111 Å². The maximum atomic E-state index is 11.6. The number of aromatic amines is 1. The topological polar surface area (TPSA) is 157 Å². The number of H-pyrrole nitrogens is 1. The van der Waals surface area contributed by atoms with Crippen LogP contribution in [-0.4, -0.2) is 50.8 Å². The van der Waals surface area contributed by atoms with Crippen molar-refractivity contribution in [2.45, 2.75) is 24.5 Å². The van der Waals surface area contributed by atoms with Crippen LogP contribution >= 0.6 is 0 Å². The summed E-state index contributed by atoms with van der Waals surface area (Å²) < 4.78 is 10.6. The molecule has 0 spiro atoms. The van der Waals surface area contributed by atoms with Gasteiger partial charge in [0.25, 0.3) is 5.56 Å². The van der Waals surface area contributed by atoms with Crippen LogP contribution in [0.2, 0.25) is 0 Å². The van der Waals surface area contributed by atoms with Crippen molar-refractivity contribution < 1.29 is 24.5 Å². The molecule has 10 heteroatoms. The summed E-state index contributed by atoms with van der Waals surface area (Å²) >= 11 is 0. The highest BCUT2D eigenvalue weighted by Gasteiger charge is 2.44. The lowest BCUT2D eigenvalue weighted by atomic mass is 10.1. The van der Waals surface area contributed by atoms with E-state index in [1.807, 2.05) is 4.98 Å². The molecule has 2 rings (SSSR count). The van der Waals surface area contributed by atoms with Gasteiger partial charge in [0.15, 0.2) is 6.23 Å². The first-order valence-electron chi connectivity index (χ1n) is 5.65. The van der Waals surface area contributed by atoms with Crippen molar-refractivity contribution in [3.8, 4) is 0 Å². The minimum atomic E-state index is -1.43. The Hall–Kier alpha value is -2.17. The number of hydrogen-bond acceptors (Lipinski definition) is 7. The molecule has 0 aromatic carbocycles. The summed E-state index contributed by atoms with van der Waals surface area (Å²) in [6.07, 6.45) is -4.99. The number of ether oxygens (including phenoxy) is 2. The van der Waals surface area contributed by atoms with Gasteiger partial charge in [-0.2, -0.15) is 0 Å². The monoisotopic (exact) mass is 287 g/mol. The number of carbonyl (C=O) groups is 1. The Morgan fingerprint density at radius 1 is 1.45 bits per heavy atom. The number of aromatic nitrogens is 2. The minimum absolute atomic E-state index is 0.373. The molecule has 0 aliphatic carbocycles. The third-order valence-electron chi connectivity index (χ3n) is 2.85. The third kappa shape index (κ3) is 2.71. The second kappa shape index (κ2) is 5.45. The number of nitrogens with zero attached hydrogens (tertiary/aromatic N) is 1. The summed E-state index contributed by atoms with van der Waals surface area (Å²) in [4.78, 5) is 35.0. The number of aliphatic hydroxyl groups excluding tert-OH is 2. The molecular weight excluding hydrogens is 274 g/mol. The van der Waals surface area contributed by atoms with Gasteiger partial charge in [-0.15, -0.1) is 0 Å². The molecule has 20 heavy (non-hydrogen) atoms. The molecule has 5 N–H and O–H groups in total. The molecule has 1 amide bonds. The smallest absolute Gasteiger partial charge is 0.404 e. The molecule has 10 nitrogen and oxygen atoms in total. The van der Waals surface area contributed by atoms with Crippen LogP contribution in [0.5, 0.6) is 0 Å². The van der Waals surface area contributed by atoms with Crippen molar-refractivity contribution in [3.05, 3.63) is 33.1 Å². The first-order chi connectivity index (χ1) is 9.40. The van der Waals surface area contributed by atoms with Crippen molar-refractivity contribution >= 4 is 6.09 Å². The predicted octanol–water partition coefficient (Wildman–Crippen LogP) is -2.75. The van der Waals surface area contributed by atoms with E-state index >= 15 is 0 Å². The molecule has 2 unspecified atom stereocenters. The van der Waals surface area contributed by atoms with E-state index in [-0.39, 0.29) is 6.61 Å². The normalized spacial score (nSPS) is 29.3. The van der Waals surface area contributed by atoms with Crippen LogP contribution in [0.15, 0.2) is 21.9 Å². The molecule has 2 heterocycles. The summed E-state index contributed by atoms with van der Waals surface area (Å²) in [5, 5.41) is 19.6. The second-order valence-corrected chi connectivity index (χ2v) is 4.19. The molecule has 110 valence electrons. The maximum Gasteiger partial charge on any atom is 0.404 e. The van der Waals surface area contributed by atoms with Crippen LogP contribution in [0.25, 0.3) is 0 Å². The second-order valence-electron chi connectivity index (χ2n) is 4.19. The number of carbonyl (C=O) groups excluding carboxylic acids is 1. The molecule has 1 aliphatic rings. The van der Waals surface area contributed by atoms with Crippen LogP contribution in [0.3, 0.4) is 0 Å². The zero-order chi connectivity index (χ0) is 14.9. The van der Waals surface area contributed by atoms with Gasteiger partial charge in [0.2, 0.25) is 0 Å². The van der Waals surface area contributed by atoms with E-state index in [4.69, 9.17) is 10.5 Å². The number of aliphatic hydroxyl groups is 2. The summed E-state index contributed by atoms with van der Waals surface area (Å²) in [6.45, 7) is -0.373. The Morgan fingerprint density at radius 2 is 2.15 bits per heavy atom. The summed E-state index contributed by atoms with van der Waals surface area (Å²) in [5.74, 6) is 0. The van der Waals surface area contributed by atoms with Gasteiger partial charge in [-0.05, 0) is 0 Å². The van der Waals surface area contributed by atoms with E-state index in [2.05, 4.69) is 4.74 Å². The van der Waals surface area contributed by atoms with Crippen LogP contribution in [0.4, 0.5) is 4.79 Å². The number of nitrogens with one attached hydrogen (secondary N) is 1. The highest BCUT2D eigenvalue weighted by molar-refractivity contribution is 5.64. The predicted molar refractivity (Wildman–Crippen MR) is 62.8 cm³/mol. The van der Waals surface area contributed by atoms with E-state index in [0.717, 1.165) is 16.8 Å². The largest absolute Gasteiger partial charge is 0.447 e. The lowest BCUT2D eigenvalue weighted by Gasteiger charge is -2.16. The zero-order valence-corrected chi connectivity index (χ0v) is 10.1. The molecular formula is C10H13N3O7. The number of nitrogens with two attached hydrogens (primary N) is 1. The van der Waals surface area contributed by atoms with E-state index < -0.39 is 41.9 Å². The molecule has 1 aromatic heterocycles. The number of primary amides is 1. The molecule has 1 aromatic rings. The Bertz CT molecular complexity index is 609. The SMILES string of the molecule is NC(=O)OC[C@@H]1O[C@H](n2ccc(=O)[nH]c2=O)C(O)C1O. The van der Waals surface area contributed by atoms with Crippen molar-refractivity contribution in [2.75, 3.05) is 6.61 Å². The molecule has 0 radical (unpaired) electrons. The van der Waals surface area contributed by atoms with Gasteiger partial charge in [0, 0.05) is 12.3 Å². The van der Waals surface area contributed by atoms with E-state index in [1.165, 1.54) is 0 Å². The fraction of sp³-hybridized carbons (Fsp3) is 0.500. The van der Waals surface area contributed by atoms with Gasteiger partial charge in [-0.3, -0.25) is 14.3 Å². The van der Waals surface area contributed by atoms with Gasteiger partial charge in [0.1, 0.15) is 24.9 Å². The van der Waals surface area contributed by atoms with Crippen molar-refractivity contribution in [3.63, 3.8) is 0 Å². The van der Waals surface area contributed by atoms with Crippen molar-refractivity contribution in [1.29, 1.82) is 0 Å². The average molecular weight is 287 g/mol. The first-order valence-corrected chi connectivity index (χ1v) is 5.65. The molecule has 1 aliphatic heterocycles. The lowest BCUT2D eigenvalue weighted by Crippen LogP contribution is -2.37. The Balaban J connectivity index is 2.19. The highest BCUT2D eigenvalue weighted by Crippen LogP contribution is 2.28. The summed E-state index contributed by atoms with van der Waals surface area (Å²) in [7, 11) is 0. The van der Waals surface area contributed by atoms with Crippen LogP contribution in [0, 0.1) is 0 Å². The average Bonchev–Trinajstić information content (AvgIpc) is 2.64. The van der Waals surface area contributed by atoms with E-state index in [1.54, 1.807) is 0 Å². The maximum absolute atomic E-state index is 11.6. The molecule has 1 fully saturated rings. The molecule has 1 saturated heterocycles. The quantitative estimate of drug-likeness (QED) is 0.469. The Morgan fingerprint density at radius 3 is 2.75 bits per heavy atom. The fourth-order valence-electron chi connectivity index (χ4n) is 1.89. The third-order valence-corrected chi connectivity index (χ3v) is 2.85. The number of amides is 1. The molecule has 0 saturated carbocycles. The van der Waals surface area contributed by atoms with Crippen LogP contribution in [0.1, 0.15) is 6.23 Å². The molecule has 0 bridgehead atoms. The highest BCUT2D eigenvalue weighted by atomic mass is 16.6. The minimum Gasteiger partial charge on any atom is -0.447 e. The molecule has 4 atom stereocenters. The number of rotatable bonds is 3. The van der Waals surface area contributed by atoms with Gasteiger partial charge in [0.05, 0.1) is 0 Å². The van der Waals surface area contributed by atoms with Crippen LogP contribution in [-0.2, 0) is 9.47 Å². The zero-order valence-electron chi connectivity index (χ0n) is 10.1. The fourth-order valence-corrected chi connectivity index (χ4v) is 1.89. The summed E-state index contributed by atoms with van der Waals surface area (Å²) in [6, 6.07) is 1.07. The van der Waals surface area contributed by atoms with E-state index in [9.17, 15) is 24.6 Å². The van der Waals surface area contributed by atoms with Gasteiger partial charge >= 0.3 is 11.8 Å². The van der Waals surface area contributed by atoms with Gasteiger partial charge < -0.3 is 25.4 Å².